The second-order valence-corrected chi connectivity index (χ2v) is 10.8. The van der Waals surface area contributed by atoms with E-state index in [0.717, 1.165) is 48.9 Å². The number of aryl methyl sites for hydroxylation is 1. The fraction of sp³-hybridized carbons (Fsp3) is 0.452. The van der Waals surface area contributed by atoms with Gasteiger partial charge in [-0.2, -0.15) is 5.10 Å². The highest BCUT2D eigenvalue weighted by Gasteiger charge is 2.48. The van der Waals surface area contributed by atoms with Gasteiger partial charge in [-0.05, 0) is 49.8 Å². The van der Waals surface area contributed by atoms with Crippen LogP contribution in [0.15, 0.2) is 60.7 Å². The minimum Gasteiger partial charge on any atom is -0.351 e. The van der Waals surface area contributed by atoms with E-state index in [2.05, 4.69) is 48.6 Å². The average Bonchev–Trinajstić information content (AvgIpc) is 3.17. The molecule has 2 heterocycles. The zero-order valence-electron chi connectivity index (χ0n) is 22.1. The van der Waals surface area contributed by atoms with Gasteiger partial charge in [0, 0.05) is 18.2 Å². The molecule has 2 aromatic carbocycles. The summed E-state index contributed by atoms with van der Waals surface area (Å²) in [6.07, 6.45) is 8.41. The molecule has 0 saturated heterocycles. The largest absolute Gasteiger partial charge is 0.351 e. The summed E-state index contributed by atoms with van der Waals surface area (Å²) in [6, 6.07) is 20.5. The molecule has 6 nitrogen and oxygen atoms in total. The van der Waals surface area contributed by atoms with Gasteiger partial charge in [-0.1, -0.05) is 87.2 Å². The van der Waals surface area contributed by atoms with Crippen LogP contribution in [0.4, 0.5) is 0 Å². The molecule has 1 aliphatic carbocycles. The first kappa shape index (κ1) is 25.2. The van der Waals surface area contributed by atoms with Crippen molar-refractivity contribution >= 4 is 11.8 Å². The maximum atomic E-state index is 13.9. The molecule has 1 atom stereocenters. The Balaban J connectivity index is 1.45. The highest BCUT2D eigenvalue weighted by molar-refractivity contribution is 6.00. The predicted octanol–water partition coefficient (Wildman–Crippen LogP) is 5.41. The molecule has 6 heteroatoms. The first-order valence-corrected chi connectivity index (χ1v) is 13.8. The van der Waals surface area contributed by atoms with Gasteiger partial charge >= 0.3 is 0 Å². The molecule has 1 aliphatic heterocycles. The second kappa shape index (κ2) is 10.9. The summed E-state index contributed by atoms with van der Waals surface area (Å²) in [5.74, 6) is -0.208. The predicted molar refractivity (Wildman–Crippen MR) is 146 cm³/mol. The number of rotatable bonds is 7. The van der Waals surface area contributed by atoms with Crippen molar-refractivity contribution in [3.63, 3.8) is 0 Å². The first-order valence-electron chi connectivity index (χ1n) is 13.8. The molecule has 1 unspecified atom stereocenters. The lowest BCUT2D eigenvalue weighted by Crippen LogP contribution is -2.65. The highest BCUT2D eigenvalue weighted by Crippen LogP contribution is 2.31. The molecule has 5 rings (SSSR count). The topological polar surface area (TPSA) is 67.2 Å². The number of nitrogens with zero attached hydrogens (tertiary/aromatic N) is 3. The van der Waals surface area contributed by atoms with E-state index in [1.165, 1.54) is 18.4 Å². The number of nitrogens with one attached hydrogen (secondary N) is 1. The van der Waals surface area contributed by atoms with Gasteiger partial charge < -0.3 is 10.2 Å². The van der Waals surface area contributed by atoms with E-state index in [1.807, 2.05) is 31.2 Å². The van der Waals surface area contributed by atoms with Crippen molar-refractivity contribution in [3.05, 3.63) is 77.5 Å². The molecule has 0 radical (unpaired) electrons. The van der Waals surface area contributed by atoms with Gasteiger partial charge in [0.15, 0.2) is 0 Å². The van der Waals surface area contributed by atoms with E-state index in [1.54, 1.807) is 9.58 Å². The van der Waals surface area contributed by atoms with Crippen LogP contribution in [0.25, 0.3) is 11.3 Å². The molecule has 1 aromatic heterocycles. The van der Waals surface area contributed by atoms with Gasteiger partial charge in [0.05, 0.1) is 12.2 Å². The average molecular weight is 499 g/mol. The summed E-state index contributed by atoms with van der Waals surface area (Å²) in [7, 11) is 0. The number of aromatic nitrogens is 2. The second-order valence-electron chi connectivity index (χ2n) is 10.8. The van der Waals surface area contributed by atoms with Crippen molar-refractivity contribution in [3.8, 4) is 11.3 Å². The molecule has 2 aliphatic rings. The summed E-state index contributed by atoms with van der Waals surface area (Å²) in [5, 5.41) is 8.13. The smallest absolute Gasteiger partial charge is 0.273 e. The lowest BCUT2D eigenvalue weighted by molar-refractivity contribution is -0.133. The third-order valence-corrected chi connectivity index (χ3v) is 8.10. The molecule has 0 bridgehead atoms. The Morgan fingerprint density at radius 1 is 1.00 bits per heavy atom. The number of amides is 2. The zero-order valence-corrected chi connectivity index (χ0v) is 22.1. The van der Waals surface area contributed by atoms with E-state index in [0.29, 0.717) is 25.2 Å². The highest BCUT2D eigenvalue weighted by atomic mass is 16.2. The third-order valence-electron chi connectivity index (χ3n) is 8.10. The monoisotopic (exact) mass is 498 g/mol. The van der Waals surface area contributed by atoms with E-state index in [9.17, 15) is 9.59 Å². The molecule has 2 amide bonds. The van der Waals surface area contributed by atoms with E-state index < -0.39 is 5.54 Å². The summed E-state index contributed by atoms with van der Waals surface area (Å²) in [4.78, 5) is 29.6. The van der Waals surface area contributed by atoms with Crippen LogP contribution in [0.1, 0.15) is 74.0 Å². The summed E-state index contributed by atoms with van der Waals surface area (Å²) in [6.45, 7) is 4.86. The number of fused-ring (bicyclic) bond motifs is 1. The van der Waals surface area contributed by atoms with Crippen molar-refractivity contribution in [2.24, 2.45) is 0 Å². The van der Waals surface area contributed by atoms with Gasteiger partial charge in [0.2, 0.25) is 5.91 Å². The van der Waals surface area contributed by atoms with Crippen LogP contribution in [-0.4, -0.2) is 44.6 Å². The van der Waals surface area contributed by atoms with Crippen molar-refractivity contribution in [2.75, 3.05) is 6.54 Å². The maximum Gasteiger partial charge on any atom is 0.273 e. The lowest BCUT2D eigenvalue weighted by atomic mass is 9.93. The van der Waals surface area contributed by atoms with Crippen LogP contribution in [0, 0.1) is 0 Å². The minimum absolute atomic E-state index is 0.0733. The molecule has 37 heavy (non-hydrogen) atoms. The van der Waals surface area contributed by atoms with E-state index >= 15 is 0 Å². The number of benzene rings is 2. The number of hydrogen-bond acceptors (Lipinski definition) is 3. The Bertz CT molecular complexity index is 1230. The molecule has 0 spiro atoms. The Morgan fingerprint density at radius 3 is 2.38 bits per heavy atom. The van der Waals surface area contributed by atoms with Gasteiger partial charge in [0.1, 0.15) is 11.2 Å². The summed E-state index contributed by atoms with van der Waals surface area (Å²) >= 11 is 0. The number of carbonyl (C=O) groups excluding carboxylic acids is 2. The maximum absolute atomic E-state index is 13.9. The van der Waals surface area contributed by atoms with Gasteiger partial charge in [-0.15, -0.1) is 0 Å². The summed E-state index contributed by atoms with van der Waals surface area (Å²) in [5.41, 5.74) is 3.69. The Morgan fingerprint density at radius 2 is 1.70 bits per heavy atom. The van der Waals surface area contributed by atoms with Gasteiger partial charge in [-0.25, -0.2) is 0 Å². The van der Waals surface area contributed by atoms with Crippen molar-refractivity contribution in [1.29, 1.82) is 0 Å². The van der Waals surface area contributed by atoms with Crippen LogP contribution >= 0.6 is 0 Å². The first-order chi connectivity index (χ1) is 18.0. The molecular formula is C31H38N4O2. The van der Waals surface area contributed by atoms with Crippen LogP contribution in [0.5, 0.6) is 0 Å². The zero-order chi connectivity index (χ0) is 25.8. The molecule has 1 fully saturated rings. The van der Waals surface area contributed by atoms with Crippen LogP contribution in [-0.2, 0) is 24.2 Å². The molecule has 3 aromatic rings. The Labute approximate surface area is 220 Å². The van der Waals surface area contributed by atoms with Crippen LogP contribution in [0.2, 0.25) is 0 Å². The van der Waals surface area contributed by atoms with Crippen molar-refractivity contribution in [2.45, 2.75) is 83.3 Å². The fourth-order valence-corrected chi connectivity index (χ4v) is 5.69. The summed E-state index contributed by atoms with van der Waals surface area (Å²) < 4.78 is 1.75. The van der Waals surface area contributed by atoms with Gasteiger partial charge in [-0.3, -0.25) is 14.3 Å². The Kier molecular flexibility index (Phi) is 7.45. The van der Waals surface area contributed by atoms with Crippen LogP contribution < -0.4 is 5.32 Å². The van der Waals surface area contributed by atoms with E-state index in [4.69, 9.17) is 5.10 Å². The number of carbonyl (C=O) groups is 2. The van der Waals surface area contributed by atoms with E-state index in [-0.39, 0.29) is 17.9 Å². The van der Waals surface area contributed by atoms with Crippen molar-refractivity contribution < 1.29 is 9.59 Å². The van der Waals surface area contributed by atoms with Gasteiger partial charge in [0.25, 0.3) is 5.91 Å². The number of hydrogen-bond donors (Lipinski definition) is 1. The minimum atomic E-state index is -1.01. The molecule has 1 N–H and O–H groups in total. The normalized spacial score (nSPS) is 20.4. The SMILES string of the molecule is CCc1ccc(-c2cc3n(n2)CC(C)(C(=O)NC2CCCCCC2)N(CCc2ccccc2)C3=O)cc1. The molecule has 1 saturated carbocycles. The Hall–Kier alpha value is -3.41. The molecule has 194 valence electrons. The standard InChI is InChI=1S/C31H38N4O2/c1-3-23-15-17-25(18-16-23)27-21-28-29(36)34(20-19-24-11-7-6-8-12-24)31(2,22-35(28)33-27)30(37)32-26-13-9-4-5-10-14-26/h6-8,11-12,15-18,21,26H,3-5,9-10,13-14,19-20,22H2,1-2H3,(H,32,37). The lowest BCUT2D eigenvalue weighted by Gasteiger charge is -2.44. The quantitative estimate of drug-likeness (QED) is 0.443. The molecular weight excluding hydrogens is 460 g/mol. The van der Waals surface area contributed by atoms with Crippen LogP contribution in [0.3, 0.4) is 0 Å². The van der Waals surface area contributed by atoms with Crippen molar-refractivity contribution in [1.82, 2.24) is 20.0 Å². The fourth-order valence-electron chi connectivity index (χ4n) is 5.69. The third kappa shape index (κ3) is 5.34.